The molecule has 0 spiro atoms. The summed E-state index contributed by atoms with van der Waals surface area (Å²) in [7, 11) is 0. The van der Waals surface area contributed by atoms with Gasteiger partial charge in [-0.15, -0.1) is 0 Å². The van der Waals surface area contributed by atoms with E-state index in [9.17, 15) is 27.2 Å². The maximum absolute atomic E-state index is 13.3. The Morgan fingerprint density at radius 1 is 1.17 bits per heavy atom. The van der Waals surface area contributed by atoms with Crippen molar-refractivity contribution in [3.8, 4) is 11.5 Å². The van der Waals surface area contributed by atoms with Crippen LogP contribution in [-0.4, -0.2) is 16.1 Å². The first-order valence-corrected chi connectivity index (χ1v) is 9.04. The van der Waals surface area contributed by atoms with Crippen molar-refractivity contribution >= 4 is 27.5 Å². The molecule has 3 rings (SSSR count). The van der Waals surface area contributed by atoms with Crippen LogP contribution in [0.3, 0.4) is 0 Å². The second-order valence-corrected chi connectivity index (χ2v) is 6.98. The second kappa shape index (κ2) is 8.27. The zero-order valence-corrected chi connectivity index (χ0v) is 16.7. The molecular formula is C19H12BrF4N3O3. The number of rotatable bonds is 4. The lowest BCUT2D eigenvalue weighted by Gasteiger charge is -2.17. The number of anilines is 1. The smallest absolute Gasteiger partial charge is 0.417 e. The summed E-state index contributed by atoms with van der Waals surface area (Å²) < 4.78 is 58.5. The molecule has 156 valence electrons. The van der Waals surface area contributed by atoms with Crippen molar-refractivity contribution < 1.29 is 27.1 Å². The molecular weight excluding hydrogens is 474 g/mol. The van der Waals surface area contributed by atoms with Gasteiger partial charge in [-0.1, -0.05) is 15.9 Å². The zero-order chi connectivity index (χ0) is 22.1. The fourth-order valence-electron chi connectivity index (χ4n) is 2.52. The van der Waals surface area contributed by atoms with Crippen LogP contribution in [0.2, 0.25) is 0 Å². The van der Waals surface area contributed by atoms with E-state index in [-0.39, 0.29) is 21.5 Å². The number of benzene rings is 2. The van der Waals surface area contributed by atoms with Crippen molar-refractivity contribution in [3.63, 3.8) is 0 Å². The van der Waals surface area contributed by atoms with Crippen molar-refractivity contribution in [2.45, 2.75) is 13.1 Å². The molecule has 0 aliphatic heterocycles. The van der Waals surface area contributed by atoms with E-state index in [1.807, 2.05) is 0 Å². The average molecular weight is 486 g/mol. The Kier molecular flexibility index (Phi) is 5.92. The predicted octanol–water partition coefficient (Wildman–Crippen LogP) is 5.04. The molecule has 1 aromatic heterocycles. The summed E-state index contributed by atoms with van der Waals surface area (Å²) in [6, 6.07) is 6.12. The Labute approximate surface area is 175 Å². The van der Waals surface area contributed by atoms with E-state index in [0.29, 0.717) is 11.6 Å². The molecule has 0 aliphatic carbocycles. The van der Waals surface area contributed by atoms with Gasteiger partial charge in [0.15, 0.2) is 0 Å². The molecule has 0 atom stereocenters. The average Bonchev–Trinajstić information content (AvgIpc) is 2.64. The lowest BCUT2D eigenvalue weighted by atomic mass is 10.1. The Bertz CT molecular complexity index is 1180. The Morgan fingerprint density at radius 3 is 2.53 bits per heavy atom. The minimum absolute atomic E-state index is 0.0312. The van der Waals surface area contributed by atoms with Crippen LogP contribution in [0, 0.1) is 12.7 Å². The quantitative estimate of drug-likeness (QED) is 0.506. The van der Waals surface area contributed by atoms with Gasteiger partial charge in [0.25, 0.3) is 11.5 Å². The van der Waals surface area contributed by atoms with Crippen molar-refractivity contribution in [2.75, 3.05) is 5.32 Å². The van der Waals surface area contributed by atoms with Gasteiger partial charge in [-0.25, -0.2) is 9.49 Å². The maximum Gasteiger partial charge on any atom is 0.417 e. The van der Waals surface area contributed by atoms with Gasteiger partial charge in [-0.05, 0) is 42.8 Å². The number of aryl methyl sites for hydroxylation is 1. The van der Waals surface area contributed by atoms with E-state index in [1.54, 1.807) is 0 Å². The second-order valence-electron chi connectivity index (χ2n) is 6.13. The minimum Gasteiger partial charge on any atom is -0.456 e. The van der Waals surface area contributed by atoms with Gasteiger partial charge in [0.05, 0.1) is 23.0 Å². The number of amides is 1. The van der Waals surface area contributed by atoms with Crippen LogP contribution in [0.25, 0.3) is 0 Å². The van der Waals surface area contributed by atoms with E-state index in [0.717, 1.165) is 30.5 Å². The molecule has 2 N–H and O–H groups in total. The van der Waals surface area contributed by atoms with Gasteiger partial charge < -0.3 is 10.1 Å². The maximum atomic E-state index is 13.3. The Balaban J connectivity index is 2.07. The standard InChI is InChI=1S/C19H12BrF4N3O3/c1-9-4-10(21)2-3-15(9)30-16-7-13(19(22,23)24)14(20)6-12(16)18(29)26-11-5-17(28)27-25-8-11/h2-8H,1H3,(H2,26,27,28,29). The van der Waals surface area contributed by atoms with Gasteiger partial charge in [-0.2, -0.15) is 18.3 Å². The van der Waals surface area contributed by atoms with E-state index in [4.69, 9.17) is 4.74 Å². The van der Waals surface area contributed by atoms with E-state index in [2.05, 4.69) is 31.4 Å². The van der Waals surface area contributed by atoms with Crippen LogP contribution >= 0.6 is 15.9 Å². The van der Waals surface area contributed by atoms with Crippen molar-refractivity contribution in [1.82, 2.24) is 10.2 Å². The molecule has 0 fully saturated rings. The van der Waals surface area contributed by atoms with Crippen LogP contribution < -0.4 is 15.6 Å². The lowest BCUT2D eigenvalue weighted by molar-refractivity contribution is -0.138. The zero-order valence-electron chi connectivity index (χ0n) is 15.1. The fourth-order valence-corrected chi connectivity index (χ4v) is 3.09. The van der Waals surface area contributed by atoms with Crippen LogP contribution in [0.15, 0.2) is 51.9 Å². The summed E-state index contributed by atoms with van der Waals surface area (Å²) in [4.78, 5) is 24.0. The first kappa shape index (κ1) is 21.5. The highest BCUT2D eigenvalue weighted by atomic mass is 79.9. The van der Waals surface area contributed by atoms with E-state index in [1.165, 1.54) is 13.0 Å². The monoisotopic (exact) mass is 485 g/mol. The van der Waals surface area contributed by atoms with Crippen molar-refractivity contribution in [3.05, 3.63) is 79.9 Å². The Morgan fingerprint density at radius 2 is 1.90 bits per heavy atom. The number of aromatic amines is 1. The number of carbonyl (C=O) groups is 1. The molecule has 11 heteroatoms. The molecule has 0 aliphatic rings. The molecule has 0 saturated carbocycles. The van der Waals surface area contributed by atoms with Gasteiger partial charge in [0.1, 0.15) is 17.3 Å². The third-order valence-corrected chi connectivity index (χ3v) is 4.56. The number of carbonyl (C=O) groups excluding carboxylic acids is 1. The van der Waals surface area contributed by atoms with E-state index < -0.39 is 34.8 Å². The largest absolute Gasteiger partial charge is 0.456 e. The Hall–Kier alpha value is -3.21. The molecule has 0 bridgehead atoms. The number of nitrogens with one attached hydrogen (secondary N) is 2. The third-order valence-electron chi connectivity index (χ3n) is 3.90. The summed E-state index contributed by atoms with van der Waals surface area (Å²) >= 11 is 2.82. The number of hydrogen-bond donors (Lipinski definition) is 2. The molecule has 0 saturated heterocycles. The minimum atomic E-state index is -4.72. The van der Waals surface area contributed by atoms with Gasteiger partial charge in [0, 0.05) is 10.5 Å². The molecule has 30 heavy (non-hydrogen) atoms. The highest BCUT2D eigenvalue weighted by Crippen LogP contribution is 2.40. The summed E-state index contributed by atoms with van der Waals surface area (Å²) in [5, 5.41) is 8.03. The topological polar surface area (TPSA) is 84.1 Å². The van der Waals surface area contributed by atoms with Crippen molar-refractivity contribution in [2.24, 2.45) is 0 Å². The number of alkyl halides is 3. The number of nitrogens with zero attached hydrogens (tertiary/aromatic N) is 1. The number of aromatic nitrogens is 2. The highest BCUT2D eigenvalue weighted by Gasteiger charge is 2.35. The van der Waals surface area contributed by atoms with Crippen molar-refractivity contribution in [1.29, 1.82) is 0 Å². The first-order chi connectivity index (χ1) is 14.0. The summed E-state index contributed by atoms with van der Waals surface area (Å²) in [5.74, 6) is -1.73. The van der Waals surface area contributed by atoms with Gasteiger partial charge >= 0.3 is 6.18 Å². The number of halogens is 5. The summed E-state index contributed by atoms with van der Waals surface area (Å²) in [5.41, 5.74) is -1.55. The van der Waals surface area contributed by atoms with Crippen LogP contribution in [-0.2, 0) is 6.18 Å². The normalized spacial score (nSPS) is 11.3. The molecule has 6 nitrogen and oxygen atoms in total. The summed E-state index contributed by atoms with van der Waals surface area (Å²) in [6.07, 6.45) is -3.57. The molecule has 1 amide bonds. The van der Waals surface area contributed by atoms with E-state index >= 15 is 0 Å². The predicted molar refractivity (Wildman–Crippen MR) is 103 cm³/mol. The fraction of sp³-hybridized carbons (Fsp3) is 0.105. The van der Waals surface area contributed by atoms with Crippen LogP contribution in [0.5, 0.6) is 11.5 Å². The lowest BCUT2D eigenvalue weighted by Crippen LogP contribution is -2.17. The number of hydrogen-bond acceptors (Lipinski definition) is 4. The van der Waals surface area contributed by atoms with Gasteiger partial charge in [0.2, 0.25) is 0 Å². The number of ether oxygens (including phenoxy) is 1. The molecule has 3 aromatic rings. The van der Waals surface area contributed by atoms with Gasteiger partial charge in [-0.3, -0.25) is 9.59 Å². The van der Waals surface area contributed by atoms with Crippen LogP contribution in [0.4, 0.5) is 23.2 Å². The first-order valence-electron chi connectivity index (χ1n) is 8.25. The molecule has 0 radical (unpaired) electrons. The molecule has 1 heterocycles. The molecule has 2 aromatic carbocycles. The van der Waals surface area contributed by atoms with Crippen LogP contribution in [0.1, 0.15) is 21.5 Å². The SMILES string of the molecule is Cc1cc(F)ccc1Oc1cc(C(F)(F)F)c(Br)cc1C(=O)Nc1cn[nH]c(=O)c1. The molecule has 0 unspecified atom stereocenters. The highest BCUT2D eigenvalue weighted by molar-refractivity contribution is 9.10. The number of H-pyrrole nitrogens is 1. The summed E-state index contributed by atoms with van der Waals surface area (Å²) in [6.45, 7) is 1.50. The third kappa shape index (κ3) is 4.85.